The van der Waals surface area contributed by atoms with Crippen LogP contribution in [0.3, 0.4) is 0 Å². The van der Waals surface area contributed by atoms with E-state index < -0.39 is 6.04 Å². The molecule has 0 spiro atoms. The minimum Gasteiger partial charge on any atom is -0.383 e. The highest BCUT2D eigenvalue weighted by Gasteiger charge is 2.16. The number of carbonyl (C=O) groups is 1. The van der Waals surface area contributed by atoms with Gasteiger partial charge in [-0.25, -0.2) is 0 Å². The second-order valence-electron chi connectivity index (χ2n) is 3.10. The van der Waals surface area contributed by atoms with Gasteiger partial charge >= 0.3 is 0 Å². The molecule has 0 aromatic carbocycles. The number of carbonyl (C=O) groups excluding carboxylic acids is 1. The van der Waals surface area contributed by atoms with E-state index in [1.165, 1.54) is 0 Å². The van der Waals surface area contributed by atoms with Gasteiger partial charge in [0, 0.05) is 27.3 Å². The van der Waals surface area contributed by atoms with Crippen molar-refractivity contribution in [2.75, 3.05) is 40.5 Å². The highest BCUT2D eigenvalue weighted by atomic mass is 16.5. The quantitative estimate of drug-likeness (QED) is 0.604. The molecule has 0 rings (SSSR count). The summed E-state index contributed by atoms with van der Waals surface area (Å²) in [4.78, 5) is 13.2. The van der Waals surface area contributed by atoms with Crippen LogP contribution < -0.4 is 5.73 Å². The molecule has 0 radical (unpaired) electrons. The molecule has 5 heteroatoms. The second kappa shape index (κ2) is 7.73. The highest BCUT2D eigenvalue weighted by Crippen LogP contribution is 1.93. The zero-order chi connectivity index (χ0) is 11.0. The van der Waals surface area contributed by atoms with Crippen molar-refractivity contribution in [3.63, 3.8) is 0 Å². The fraction of sp³-hybridized carbons (Fsp3) is 0.889. The van der Waals surface area contributed by atoms with Crippen LogP contribution in [-0.4, -0.2) is 57.4 Å². The molecule has 0 fully saturated rings. The first-order chi connectivity index (χ1) is 6.63. The van der Waals surface area contributed by atoms with Crippen molar-refractivity contribution >= 4 is 5.91 Å². The van der Waals surface area contributed by atoms with Gasteiger partial charge in [-0.2, -0.15) is 0 Å². The van der Waals surface area contributed by atoms with E-state index in [1.54, 1.807) is 26.0 Å². The van der Waals surface area contributed by atoms with Crippen molar-refractivity contribution in [1.82, 2.24) is 4.90 Å². The Balaban J connectivity index is 4.01. The van der Waals surface area contributed by atoms with Gasteiger partial charge < -0.3 is 20.1 Å². The molecule has 84 valence electrons. The molecule has 14 heavy (non-hydrogen) atoms. The van der Waals surface area contributed by atoms with E-state index in [2.05, 4.69) is 0 Å². The number of nitrogens with two attached hydrogens (primary N) is 1. The summed E-state index contributed by atoms with van der Waals surface area (Å²) in [6, 6.07) is -0.469. The Labute approximate surface area is 85.1 Å². The van der Waals surface area contributed by atoms with Gasteiger partial charge in [-0.3, -0.25) is 4.79 Å². The molecular weight excluding hydrogens is 184 g/mol. The Morgan fingerprint density at radius 2 is 1.71 bits per heavy atom. The normalized spacial score (nSPS) is 12.6. The molecule has 0 aromatic heterocycles. The summed E-state index contributed by atoms with van der Waals surface area (Å²) in [5.41, 5.74) is 5.51. The lowest BCUT2D eigenvalue weighted by Crippen LogP contribution is -2.44. The first-order valence-electron chi connectivity index (χ1n) is 4.65. The Morgan fingerprint density at radius 3 is 2.00 bits per heavy atom. The lowest BCUT2D eigenvalue weighted by Gasteiger charge is -2.23. The molecule has 1 atom stereocenters. The van der Waals surface area contributed by atoms with Crippen LogP contribution in [0.2, 0.25) is 0 Å². The molecule has 0 aliphatic rings. The van der Waals surface area contributed by atoms with Gasteiger partial charge in [-0.1, -0.05) is 0 Å². The Bertz CT molecular complexity index is 154. The third-order valence-electron chi connectivity index (χ3n) is 1.83. The van der Waals surface area contributed by atoms with E-state index in [9.17, 15) is 4.79 Å². The van der Waals surface area contributed by atoms with Gasteiger partial charge in [0.05, 0.1) is 19.3 Å². The Hall–Kier alpha value is -0.650. The smallest absolute Gasteiger partial charge is 0.239 e. The van der Waals surface area contributed by atoms with Crippen molar-refractivity contribution in [2.45, 2.75) is 13.0 Å². The number of methoxy groups -OCH3 is 2. The standard InChI is InChI=1S/C9H20N2O3/c1-8(10)9(12)11(4-6-13-2)5-7-14-3/h8H,4-7,10H2,1-3H3/t8-/m1/s1. The summed E-state index contributed by atoms with van der Waals surface area (Å²) in [6.45, 7) is 3.82. The third kappa shape index (κ3) is 5.16. The van der Waals surface area contributed by atoms with E-state index in [1.807, 2.05) is 0 Å². The molecule has 0 heterocycles. The van der Waals surface area contributed by atoms with E-state index in [4.69, 9.17) is 15.2 Å². The number of hydrogen-bond acceptors (Lipinski definition) is 4. The van der Waals surface area contributed by atoms with Crippen LogP contribution in [0.1, 0.15) is 6.92 Å². The van der Waals surface area contributed by atoms with Crippen molar-refractivity contribution in [1.29, 1.82) is 0 Å². The maximum absolute atomic E-state index is 11.5. The van der Waals surface area contributed by atoms with E-state index in [0.717, 1.165) is 0 Å². The van der Waals surface area contributed by atoms with Crippen LogP contribution in [0, 0.1) is 0 Å². The van der Waals surface area contributed by atoms with Gasteiger partial charge in [0.2, 0.25) is 5.91 Å². The summed E-state index contributed by atoms with van der Waals surface area (Å²) in [6.07, 6.45) is 0. The van der Waals surface area contributed by atoms with Crippen LogP contribution >= 0.6 is 0 Å². The number of rotatable bonds is 7. The van der Waals surface area contributed by atoms with Crippen LogP contribution in [0.15, 0.2) is 0 Å². The average molecular weight is 204 g/mol. The van der Waals surface area contributed by atoms with Gasteiger partial charge in [-0.15, -0.1) is 0 Å². The van der Waals surface area contributed by atoms with Crippen LogP contribution in [0.5, 0.6) is 0 Å². The third-order valence-corrected chi connectivity index (χ3v) is 1.83. The predicted octanol–water partition coefficient (Wildman–Crippen LogP) is -0.545. The Kier molecular flexibility index (Phi) is 7.37. The van der Waals surface area contributed by atoms with E-state index in [0.29, 0.717) is 26.3 Å². The maximum atomic E-state index is 11.5. The maximum Gasteiger partial charge on any atom is 0.239 e. The van der Waals surface area contributed by atoms with Gasteiger partial charge in [0.1, 0.15) is 0 Å². The second-order valence-corrected chi connectivity index (χ2v) is 3.10. The zero-order valence-electron chi connectivity index (χ0n) is 9.16. The molecule has 0 aromatic rings. The van der Waals surface area contributed by atoms with Gasteiger partial charge in [0.25, 0.3) is 0 Å². The topological polar surface area (TPSA) is 64.8 Å². The monoisotopic (exact) mass is 204 g/mol. The fourth-order valence-electron chi connectivity index (χ4n) is 1.02. The summed E-state index contributed by atoms with van der Waals surface area (Å²) in [7, 11) is 3.20. The number of hydrogen-bond donors (Lipinski definition) is 1. The van der Waals surface area contributed by atoms with Crippen LogP contribution in [0.25, 0.3) is 0 Å². The molecule has 0 bridgehead atoms. The van der Waals surface area contributed by atoms with Gasteiger partial charge in [0.15, 0.2) is 0 Å². The SMILES string of the molecule is COCCN(CCOC)C(=O)[C@@H](C)N. The van der Waals surface area contributed by atoms with Crippen molar-refractivity contribution in [3.05, 3.63) is 0 Å². The fourth-order valence-corrected chi connectivity index (χ4v) is 1.02. The minimum absolute atomic E-state index is 0.0703. The molecule has 1 amide bonds. The van der Waals surface area contributed by atoms with Gasteiger partial charge in [-0.05, 0) is 6.92 Å². The first kappa shape index (κ1) is 13.4. The van der Waals surface area contributed by atoms with Crippen molar-refractivity contribution in [3.8, 4) is 0 Å². The first-order valence-corrected chi connectivity index (χ1v) is 4.65. The largest absolute Gasteiger partial charge is 0.383 e. The lowest BCUT2D eigenvalue weighted by atomic mass is 10.3. The Morgan fingerprint density at radius 1 is 1.29 bits per heavy atom. The summed E-state index contributed by atoms with van der Waals surface area (Å²) in [5, 5.41) is 0. The molecule has 0 aliphatic carbocycles. The minimum atomic E-state index is -0.469. The average Bonchev–Trinajstić information content (AvgIpc) is 2.17. The summed E-state index contributed by atoms with van der Waals surface area (Å²) >= 11 is 0. The molecular formula is C9H20N2O3. The molecule has 0 aliphatic heterocycles. The predicted molar refractivity (Wildman–Crippen MR) is 54.0 cm³/mol. The lowest BCUT2D eigenvalue weighted by molar-refractivity contribution is -0.133. The van der Waals surface area contributed by atoms with Crippen molar-refractivity contribution < 1.29 is 14.3 Å². The van der Waals surface area contributed by atoms with Crippen LogP contribution in [-0.2, 0) is 14.3 Å². The molecule has 0 unspecified atom stereocenters. The molecule has 5 nitrogen and oxygen atoms in total. The summed E-state index contributed by atoms with van der Waals surface area (Å²) in [5.74, 6) is -0.0703. The van der Waals surface area contributed by atoms with Crippen molar-refractivity contribution in [2.24, 2.45) is 5.73 Å². The number of nitrogens with zero attached hydrogens (tertiary/aromatic N) is 1. The number of ether oxygens (including phenoxy) is 2. The zero-order valence-corrected chi connectivity index (χ0v) is 9.16. The molecule has 0 saturated heterocycles. The molecule has 0 saturated carbocycles. The molecule has 2 N–H and O–H groups in total. The number of amides is 1. The summed E-state index contributed by atoms with van der Waals surface area (Å²) < 4.78 is 9.81. The van der Waals surface area contributed by atoms with E-state index >= 15 is 0 Å². The van der Waals surface area contributed by atoms with Crippen LogP contribution in [0.4, 0.5) is 0 Å². The highest BCUT2D eigenvalue weighted by molar-refractivity contribution is 5.81. The van der Waals surface area contributed by atoms with E-state index in [-0.39, 0.29) is 5.91 Å².